The Morgan fingerprint density at radius 2 is 2.22 bits per heavy atom. The Morgan fingerprint density at radius 1 is 1.41 bits per heavy atom. The van der Waals surface area contributed by atoms with Crippen LogP contribution in [-0.2, 0) is 16.1 Å². The number of ether oxygens (including phenoxy) is 1. The number of nitrogens with zero attached hydrogens (tertiary/aromatic N) is 3. The van der Waals surface area contributed by atoms with Gasteiger partial charge in [-0.05, 0) is 36.6 Å². The molecule has 2 aromatic rings. The molecule has 4 rings (SSSR count). The zero-order valence-corrected chi connectivity index (χ0v) is 15.4. The van der Waals surface area contributed by atoms with Crippen LogP contribution in [0, 0.1) is 0 Å². The molecule has 0 radical (unpaired) electrons. The van der Waals surface area contributed by atoms with Gasteiger partial charge in [0.05, 0.1) is 19.6 Å². The number of hydrogen-bond acceptors (Lipinski definition) is 6. The van der Waals surface area contributed by atoms with Crippen LogP contribution in [0.15, 0.2) is 22.7 Å². The van der Waals surface area contributed by atoms with Crippen LogP contribution in [0.1, 0.15) is 54.8 Å². The van der Waals surface area contributed by atoms with Crippen molar-refractivity contribution in [2.24, 2.45) is 0 Å². The van der Waals surface area contributed by atoms with Crippen LogP contribution in [0.5, 0.6) is 5.75 Å². The van der Waals surface area contributed by atoms with E-state index in [2.05, 4.69) is 15.5 Å². The maximum absolute atomic E-state index is 13.0. The number of methoxy groups -OCH3 is 1. The normalized spacial score (nSPS) is 19.0. The van der Waals surface area contributed by atoms with Crippen molar-refractivity contribution in [1.82, 2.24) is 15.0 Å². The quantitative estimate of drug-likeness (QED) is 0.868. The summed E-state index contributed by atoms with van der Waals surface area (Å²) in [6, 6.07) is 5.32. The molecule has 1 aliphatic carbocycles. The predicted molar refractivity (Wildman–Crippen MR) is 96.3 cm³/mol. The highest BCUT2D eigenvalue weighted by Gasteiger charge is 2.33. The lowest BCUT2D eigenvalue weighted by molar-refractivity contribution is -0.134. The number of anilines is 1. The molecule has 1 aromatic heterocycles. The van der Waals surface area contributed by atoms with E-state index in [1.54, 1.807) is 37.3 Å². The maximum atomic E-state index is 13.0. The van der Waals surface area contributed by atoms with Gasteiger partial charge in [-0.15, -0.1) is 0 Å². The Bertz CT molecular complexity index is 874. The first-order chi connectivity index (χ1) is 13.0. The molecular weight excluding hydrogens is 348 g/mol. The van der Waals surface area contributed by atoms with Crippen molar-refractivity contribution in [3.63, 3.8) is 0 Å². The first-order valence-corrected chi connectivity index (χ1v) is 9.10. The van der Waals surface area contributed by atoms with Gasteiger partial charge in [0.1, 0.15) is 5.75 Å². The van der Waals surface area contributed by atoms with Gasteiger partial charge < -0.3 is 19.5 Å². The maximum Gasteiger partial charge on any atom is 0.230 e. The number of likely N-dealkylation sites (N-methyl/N-ethyl adjacent to an activating group) is 1. The smallest absolute Gasteiger partial charge is 0.230 e. The molecule has 0 saturated heterocycles. The highest BCUT2D eigenvalue weighted by Crippen LogP contribution is 2.37. The molecule has 1 N–H and O–H groups in total. The topological polar surface area (TPSA) is 97.6 Å². The minimum atomic E-state index is -0.563. The standard InChI is InChI=1S/C19H22N4O4/c1-23(10-16-21-18(27-22-16)11-4-3-5-11)19(25)14-9-17(24)20-15-7-6-12(26-2)8-13(14)15/h6-8,11,14H,3-5,9-10H2,1-2H3,(H,20,24)/t14-/m1/s1. The fraction of sp³-hybridized carbons (Fsp3) is 0.474. The number of carbonyl (C=O) groups excluding carboxylic acids is 2. The monoisotopic (exact) mass is 370 g/mol. The summed E-state index contributed by atoms with van der Waals surface area (Å²) in [5.41, 5.74) is 1.40. The lowest BCUT2D eigenvalue weighted by Crippen LogP contribution is -2.36. The van der Waals surface area contributed by atoms with Crippen molar-refractivity contribution < 1.29 is 18.8 Å². The number of benzene rings is 1. The third-order valence-corrected chi connectivity index (χ3v) is 5.29. The van der Waals surface area contributed by atoms with E-state index in [0.29, 0.717) is 29.1 Å². The Kier molecular flexibility index (Phi) is 4.55. The second-order valence-corrected chi connectivity index (χ2v) is 7.13. The van der Waals surface area contributed by atoms with E-state index in [0.717, 1.165) is 18.4 Å². The summed E-state index contributed by atoms with van der Waals surface area (Å²) in [7, 11) is 3.26. The number of amides is 2. The summed E-state index contributed by atoms with van der Waals surface area (Å²) in [5.74, 6) is 1.25. The number of aromatic nitrogens is 2. The molecular formula is C19H22N4O4. The summed E-state index contributed by atoms with van der Waals surface area (Å²) in [5, 5.41) is 6.80. The number of hydrogen-bond donors (Lipinski definition) is 1. The minimum Gasteiger partial charge on any atom is -0.497 e. The van der Waals surface area contributed by atoms with Crippen molar-refractivity contribution in [1.29, 1.82) is 0 Å². The average Bonchev–Trinajstić information content (AvgIpc) is 3.06. The van der Waals surface area contributed by atoms with Crippen LogP contribution in [0.3, 0.4) is 0 Å². The van der Waals surface area contributed by atoms with Crippen molar-refractivity contribution in [2.45, 2.75) is 44.1 Å². The van der Waals surface area contributed by atoms with Gasteiger partial charge in [0, 0.05) is 25.1 Å². The number of nitrogens with one attached hydrogen (secondary N) is 1. The molecule has 2 heterocycles. The van der Waals surface area contributed by atoms with Gasteiger partial charge in [-0.25, -0.2) is 0 Å². The van der Waals surface area contributed by atoms with Crippen LogP contribution < -0.4 is 10.1 Å². The van der Waals surface area contributed by atoms with E-state index in [1.807, 2.05) is 0 Å². The molecule has 1 aliphatic heterocycles. The van der Waals surface area contributed by atoms with E-state index in [4.69, 9.17) is 9.26 Å². The third kappa shape index (κ3) is 3.39. The number of carbonyl (C=O) groups is 2. The molecule has 2 amide bonds. The van der Waals surface area contributed by atoms with Crippen molar-refractivity contribution in [3.8, 4) is 5.75 Å². The largest absolute Gasteiger partial charge is 0.497 e. The molecule has 2 aliphatic rings. The highest BCUT2D eigenvalue weighted by atomic mass is 16.5. The Morgan fingerprint density at radius 3 is 2.93 bits per heavy atom. The summed E-state index contributed by atoms with van der Waals surface area (Å²) in [4.78, 5) is 31.0. The lowest BCUT2D eigenvalue weighted by Gasteiger charge is -2.28. The zero-order chi connectivity index (χ0) is 19.0. The summed E-state index contributed by atoms with van der Waals surface area (Å²) in [6.45, 7) is 0.243. The summed E-state index contributed by atoms with van der Waals surface area (Å²) >= 11 is 0. The molecule has 0 spiro atoms. The van der Waals surface area contributed by atoms with Crippen LogP contribution in [-0.4, -0.2) is 41.0 Å². The molecule has 0 unspecified atom stereocenters. The molecule has 1 aromatic carbocycles. The van der Waals surface area contributed by atoms with Gasteiger partial charge in [0.25, 0.3) is 0 Å². The fourth-order valence-corrected chi connectivity index (χ4v) is 3.50. The third-order valence-electron chi connectivity index (χ3n) is 5.29. The fourth-order valence-electron chi connectivity index (χ4n) is 3.50. The molecule has 27 heavy (non-hydrogen) atoms. The Balaban J connectivity index is 1.51. The van der Waals surface area contributed by atoms with Crippen LogP contribution >= 0.6 is 0 Å². The summed E-state index contributed by atoms with van der Waals surface area (Å²) in [6.07, 6.45) is 3.44. The van der Waals surface area contributed by atoms with E-state index in [9.17, 15) is 9.59 Å². The van der Waals surface area contributed by atoms with Crippen LogP contribution in [0.4, 0.5) is 5.69 Å². The van der Waals surface area contributed by atoms with Crippen LogP contribution in [0.2, 0.25) is 0 Å². The first-order valence-electron chi connectivity index (χ1n) is 9.10. The second kappa shape index (κ2) is 7.02. The van der Waals surface area contributed by atoms with Crippen molar-refractivity contribution >= 4 is 17.5 Å². The van der Waals surface area contributed by atoms with Gasteiger partial charge in [-0.3, -0.25) is 9.59 Å². The zero-order valence-electron chi connectivity index (χ0n) is 15.4. The van der Waals surface area contributed by atoms with Gasteiger partial charge in [0.15, 0.2) is 5.82 Å². The van der Waals surface area contributed by atoms with E-state index in [1.165, 1.54) is 6.42 Å². The molecule has 1 saturated carbocycles. The predicted octanol–water partition coefficient (Wildman–Crippen LogP) is 2.43. The van der Waals surface area contributed by atoms with E-state index in [-0.39, 0.29) is 24.8 Å². The summed E-state index contributed by atoms with van der Waals surface area (Å²) < 4.78 is 10.6. The van der Waals surface area contributed by atoms with Gasteiger partial charge in [0.2, 0.25) is 17.7 Å². The average molecular weight is 370 g/mol. The molecule has 0 bridgehead atoms. The molecule has 1 fully saturated rings. The first kappa shape index (κ1) is 17.5. The molecule has 142 valence electrons. The molecule has 8 heteroatoms. The minimum absolute atomic E-state index is 0.100. The Hall–Kier alpha value is -2.90. The number of fused-ring (bicyclic) bond motifs is 1. The van der Waals surface area contributed by atoms with Gasteiger partial charge >= 0.3 is 0 Å². The second-order valence-electron chi connectivity index (χ2n) is 7.13. The van der Waals surface area contributed by atoms with E-state index >= 15 is 0 Å². The van der Waals surface area contributed by atoms with Gasteiger partial charge in [-0.1, -0.05) is 11.6 Å². The number of rotatable bonds is 5. The molecule has 1 atom stereocenters. The molecule has 8 nitrogen and oxygen atoms in total. The van der Waals surface area contributed by atoms with Crippen molar-refractivity contribution in [2.75, 3.05) is 19.5 Å². The van der Waals surface area contributed by atoms with E-state index < -0.39 is 5.92 Å². The highest BCUT2D eigenvalue weighted by molar-refractivity contribution is 6.01. The van der Waals surface area contributed by atoms with Crippen molar-refractivity contribution in [3.05, 3.63) is 35.5 Å². The lowest BCUT2D eigenvalue weighted by atomic mass is 9.85. The Labute approximate surface area is 156 Å². The SMILES string of the molecule is COc1ccc2c(c1)[C@H](C(=O)N(C)Cc1noc(C3CCC3)n1)CC(=O)N2. The van der Waals surface area contributed by atoms with Crippen LogP contribution in [0.25, 0.3) is 0 Å². The van der Waals surface area contributed by atoms with Gasteiger partial charge in [-0.2, -0.15) is 4.98 Å².